The Hall–Kier alpha value is -3.01. The van der Waals surface area contributed by atoms with Crippen molar-refractivity contribution in [2.45, 2.75) is 0 Å². The highest BCUT2D eigenvalue weighted by Crippen LogP contribution is 2.16. The molecule has 4 heteroatoms. The molecule has 0 bridgehead atoms. The SMILES string of the molecule is O=C(C=Cc1cccnc1)Nc1cnc2ccccc2c1. The Bertz CT molecular complexity index is 797. The number of carbonyl (C=O) groups is 1. The molecule has 1 N–H and O–H groups in total. The minimum atomic E-state index is -0.198. The van der Waals surface area contributed by atoms with Crippen molar-refractivity contribution in [3.05, 3.63) is 72.7 Å². The molecule has 2 heterocycles. The number of fused-ring (bicyclic) bond motifs is 1. The molecule has 1 aromatic carbocycles. The van der Waals surface area contributed by atoms with Gasteiger partial charge in [-0.2, -0.15) is 0 Å². The minimum Gasteiger partial charge on any atom is -0.321 e. The summed E-state index contributed by atoms with van der Waals surface area (Å²) < 4.78 is 0. The average Bonchev–Trinajstić information content (AvgIpc) is 2.54. The predicted octanol–water partition coefficient (Wildman–Crippen LogP) is 3.28. The van der Waals surface area contributed by atoms with E-state index in [2.05, 4.69) is 15.3 Å². The van der Waals surface area contributed by atoms with Crippen LogP contribution < -0.4 is 5.32 Å². The van der Waals surface area contributed by atoms with E-state index in [0.29, 0.717) is 5.69 Å². The summed E-state index contributed by atoms with van der Waals surface area (Å²) >= 11 is 0. The van der Waals surface area contributed by atoms with Gasteiger partial charge in [0.25, 0.3) is 0 Å². The molecular weight excluding hydrogens is 262 g/mol. The summed E-state index contributed by atoms with van der Waals surface area (Å²) in [5, 5.41) is 3.79. The third-order valence-electron chi connectivity index (χ3n) is 2.97. The molecule has 0 unspecified atom stereocenters. The van der Waals surface area contributed by atoms with Crippen LogP contribution in [0.3, 0.4) is 0 Å². The summed E-state index contributed by atoms with van der Waals surface area (Å²) in [5.41, 5.74) is 2.46. The van der Waals surface area contributed by atoms with E-state index < -0.39 is 0 Å². The maximum absolute atomic E-state index is 11.9. The number of aromatic nitrogens is 2. The number of benzene rings is 1. The zero-order valence-corrected chi connectivity index (χ0v) is 11.2. The summed E-state index contributed by atoms with van der Waals surface area (Å²) in [4.78, 5) is 20.2. The van der Waals surface area contributed by atoms with Gasteiger partial charge >= 0.3 is 0 Å². The molecule has 0 saturated heterocycles. The van der Waals surface area contributed by atoms with Crippen LogP contribution in [0, 0.1) is 0 Å². The van der Waals surface area contributed by atoms with Crippen LogP contribution in [-0.4, -0.2) is 15.9 Å². The maximum atomic E-state index is 11.9. The van der Waals surface area contributed by atoms with Crippen molar-refractivity contribution in [3.8, 4) is 0 Å². The summed E-state index contributed by atoms with van der Waals surface area (Å²) in [7, 11) is 0. The lowest BCUT2D eigenvalue weighted by atomic mass is 10.2. The fourth-order valence-corrected chi connectivity index (χ4v) is 1.97. The third kappa shape index (κ3) is 3.30. The number of anilines is 1. The predicted molar refractivity (Wildman–Crippen MR) is 83.6 cm³/mol. The standard InChI is InChI=1S/C17H13N3O/c21-17(8-7-13-4-3-9-18-11-13)20-15-10-14-5-1-2-6-16(14)19-12-15/h1-12H,(H,20,21). The van der Waals surface area contributed by atoms with E-state index in [9.17, 15) is 4.79 Å². The highest BCUT2D eigenvalue weighted by atomic mass is 16.1. The first kappa shape index (κ1) is 13.0. The van der Waals surface area contributed by atoms with E-state index in [1.54, 1.807) is 24.7 Å². The Morgan fingerprint density at radius 1 is 1.10 bits per heavy atom. The second kappa shape index (κ2) is 5.96. The number of amides is 1. The molecule has 0 spiro atoms. The molecule has 0 radical (unpaired) electrons. The largest absolute Gasteiger partial charge is 0.321 e. The number of pyridine rings is 2. The molecule has 3 aromatic rings. The summed E-state index contributed by atoms with van der Waals surface area (Å²) in [6.45, 7) is 0. The normalized spacial score (nSPS) is 10.9. The second-order valence-corrected chi connectivity index (χ2v) is 4.53. The van der Waals surface area contributed by atoms with Gasteiger partial charge in [-0.15, -0.1) is 0 Å². The van der Waals surface area contributed by atoms with Crippen molar-refractivity contribution in [2.24, 2.45) is 0 Å². The summed E-state index contributed by atoms with van der Waals surface area (Å²) in [6.07, 6.45) is 8.24. The summed E-state index contributed by atoms with van der Waals surface area (Å²) in [5.74, 6) is -0.198. The molecule has 102 valence electrons. The topological polar surface area (TPSA) is 54.9 Å². The van der Waals surface area contributed by atoms with Gasteiger partial charge in [-0.05, 0) is 29.8 Å². The van der Waals surface area contributed by atoms with Crippen molar-refractivity contribution in [1.29, 1.82) is 0 Å². The molecule has 3 rings (SSSR count). The first-order valence-corrected chi connectivity index (χ1v) is 6.55. The number of para-hydroxylation sites is 1. The molecule has 1 amide bonds. The van der Waals surface area contributed by atoms with E-state index in [1.165, 1.54) is 6.08 Å². The highest BCUT2D eigenvalue weighted by Gasteiger charge is 2.00. The van der Waals surface area contributed by atoms with Crippen molar-refractivity contribution in [2.75, 3.05) is 5.32 Å². The van der Waals surface area contributed by atoms with Crippen LogP contribution in [0.4, 0.5) is 5.69 Å². The Morgan fingerprint density at radius 2 is 2.00 bits per heavy atom. The zero-order chi connectivity index (χ0) is 14.5. The van der Waals surface area contributed by atoms with Gasteiger partial charge in [0, 0.05) is 23.9 Å². The van der Waals surface area contributed by atoms with Gasteiger partial charge in [0.2, 0.25) is 5.91 Å². The first-order chi connectivity index (χ1) is 10.3. The van der Waals surface area contributed by atoms with E-state index in [4.69, 9.17) is 0 Å². The van der Waals surface area contributed by atoms with Crippen LogP contribution in [0.1, 0.15) is 5.56 Å². The van der Waals surface area contributed by atoms with Crippen LogP contribution >= 0.6 is 0 Å². The van der Waals surface area contributed by atoms with Gasteiger partial charge < -0.3 is 5.32 Å². The summed E-state index contributed by atoms with van der Waals surface area (Å²) in [6, 6.07) is 13.4. The fourth-order valence-electron chi connectivity index (χ4n) is 1.97. The minimum absolute atomic E-state index is 0.198. The number of hydrogen-bond acceptors (Lipinski definition) is 3. The van der Waals surface area contributed by atoms with Crippen LogP contribution in [-0.2, 0) is 4.79 Å². The average molecular weight is 275 g/mol. The second-order valence-electron chi connectivity index (χ2n) is 4.53. The first-order valence-electron chi connectivity index (χ1n) is 6.55. The molecule has 21 heavy (non-hydrogen) atoms. The molecule has 2 aromatic heterocycles. The number of rotatable bonds is 3. The van der Waals surface area contributed by atoms with Gasteiger partial charge in [-0.25, -0.2) is 0 Å². The van der Waals surface area contributed by atoms with Crippen LogP contribution in [0.15, 0.2) is 67.1 Å². The van der Waals surface area contributed by atoms with Gasteiger partial charge in [-0.1, -0.05) is 24.3 Å². The Labute approximate surface area is 122 Å². The van der Waals surface area contributed by atoms with Crippen molar-refractivity contribution in [3.63, 3.8) is 0 Å². The fraction of sp³-hybridized carbons (Fsp3) is 0. The van der Waals surface area contributed by atoms with E-state index in [1.807, 2.05) is 42.5 Å². The van der Waals surface area contributed by atoms with Crippen molar-refractivity contribution < 1.29 is 4.79 Å². The zero-order valence-electron chi connectivity index (χ0n) is 11.2. The molecule has 0 aliphatic carbocycles. The smallest absolute Gasteiger partial charge is 0.248 e. The molecule has 0 fully saturated rings. The number of nitrogens with zero attached hydrogens (tertiary/aromatic N) is 2. The van der Waals surface area contributed by atoms with E-state index >= 15 is 0 Å². The van der Waals surface area contributed by atoms with Gasteiger partial charge in [0.05, 0.1) is 17.4 Å². The Morgan fingerprint density at radius 3 is 2.86 bits per heavy atom. The molecular formula is C17H13N3O. The highest BCUT2D eigenvalue weighted by molar-refractivity contribution is 6.02. The lowest BCUT2D eigenvalue weighted by molar-refractivity contribution is -0.111. The Balaban J connectivity index is 1.73. The third-order valence-corrected chi connectivity index (χ3v) is 2.97. The lowest BCUT2D eigenvalue weighted by Gasteiger charge is -2.03. The maximum Gasteiger partial charge on any atom is 0.248 e. The van der Waals surface area contributed by atoms with Gasteiger partial charge in [-0.3, -0.25) is 14.8 Å². The molecule has 4 nitrogen and oxygen atoms in total. The number of hydrogen-bond donors (Lipinski definition) is 1. The van der Waals surface area contributed by atoms with Crippen molar-refractivity contribution in [1.82, 2.24) is 9.97 Å². The van der Waals surface area contributed by atoms with Crippen LogP contribution in [0.25, 0.3) is 17.0 Å². The van der Waals surface area contributed by atoms with E-state index in [-0.39, 0.29) is 5.91 Å². The molecule has 0 aliphatic heterocycles. The van der Waals surface area contributed by atoms with Crippen LogP contribution in [0.2, 0.25) is 0 Å². The van der Waals surface area contributed by atoms with Crippen molar-refractivity contribution >= 4 is 28.6 Å². The van der Waals surface area contributed by atoms with Gasteiger partial charge in [0.15, 0.2) is 0 Å². The Kier molecular flexibility index (Phi) is 3.69. The quantitative estimate of drug-likeness (QED) is 0.746. The number of nitrogens with one attached hydrogen (secondary N) is 1. The molecule has 0 aliphatic rings. The van der Waals surface area contributed by atoms with Crippen LogP contribution in [0.5, 0.6) is 0 Å². The molecule has 0 atom stereocenters. The number of carbonyl (C=O) groups excluding carboxylic acids is 1. The molecule has 0 saturated carbocycles. The van der Waals surface area contributed by atoms with E-state index in [0.717, 1.165) is 16.5 Å². The monoisotopic (exact) mass is 275 g/mol. The lowest BCUT2D eigenvalue weighted by Crippen LogP contribution is -2.07. The van der Waals surface area contributed by atoms with Gasteiger partial charge in [0.1, 0.15) is 0 Å².